The predicted molar refractivity (Wildman–Crippen MR) is 34.6 cm³/mol. The van der Waals surface area contributed by atoms with Crippen molar-refractivity contribution < 1.29 is 0 Å². The van der Waals surface area contributed by atoms with Crippen molar-refractivity contribution in [1.29, 1.82) is 0 Å². The minimum atomic E-state index is 0. The van der Waals surface area contributed by atoms with E-state index in [9.17, 15) is 0 Å². The fourth-order valence-corrected chi connectivity index (χ4v) is 0.587. The molecule has 9 heavy (non-hydrogen) atoms. The minimum Gasteiger partial charge on any atom is -0.234 e. The van der Waals surface area contributed by atoms with Crippen LogP contribution in [0.2, 0.25) is 0 Å². The molecule has 0 aromatic carbocycles. The highest BCUT2D eigenvalue weighted by molar-refractivity contribution is 6.11. The number of nitrogens with zero attached hydrogens (tertiary/aromatic N) is 4. The summed E-state index contributed by atoms with van der Waals surface area (Å²) in [6, 6.07) is 0. The molecular formula is C4H2BN4. The molecule has 0 spiro atoms. The van der Waals surface area contributed by atoms with Gasteiger partial charge in [-0.3, -0.25) is 0 Å². The average molecular weight is 117 g/mol. The number of rotatable bonds is 0. The van der Waals surface area contributed by atoms with Crippen LogP contribution in [0, 0.1) is 0 Å². The Balaban J connectivity index is 0.000000405. The minimum absolute atomic E-state index is 0. The van der Waals surface area contributed by atoms with E-state index in [-0.39, 0.29) is 8.41 Å². The number of aliphatic imine (C=N–C) groups is 1. The lowest BCUT2D eigenvalue weighted by molar-refractivity contribution is 1.09. The topological polar surface area (TPSA) is 49.4 Å². The van der Waals surface area contributed by atoms with Gasteiger partial charge in [0.15, 0.2) is 0 Å². The molecule has 2 rings (SSSR count). The lowest BCUT2D eigenvalue weighted by Crippen LogP contribution is -1.83. The molecule has 0 aromatic rings. The molecule has 0 fully saturated rings. The van der Waals surface area contributed by atoms with Crippen molar-refractivity contribution in [2.24, 2.45) is 20.4 Å². The first kappa shape index (κ1) is 5.87. The fourth-order valence-electron chi connectivity index (χ4n) is 0.587. The smallest absolute Gasteiger partial charge is 0.204 e. The van der Waals surface area contributed by atoms with E-state index in [0.29, 0.717) is 5.84 Å². The summed E-state index contributed by atoms with van der Waals surface area (Å²) >= 11 is 0. The van der Waals surface area contributed by atoms with Crippen LogP contribution in [0.1, 0.15) is 0 Å². The lowest BCUT2D eigenvalue weighted by atomic mass is 10.4. The SMILES string of the molecule is C1=NC2=NN=NC2=C1.[B]. The molecule has 3 radical (unpaired) electrons. The predicted octanol–water partition coefficient (Wildman–Crippen LogP) is 0.353. The Bertz CT molecular complexity index is 211. The van der Waals surface area contributed by atoms with Gasteiger partial charge in [-0.1, -0.05) is 0 Å². The summed E-state index contributed by atoms with van der Waals surface area (Å²) in [4.78, 5) is 3.84. The Morgan fingerprint density at radius 2 is 2.22 bits per heavy atom. The molecule has 41 valence electrons. The molecule has 0 unspecified atom stereocenters. The summed E-state index contributed by atoms with van der Waals surface area (Å²) in [7, 11) is 0. The number of hydrogen-bond donors (Lipinski definition) is 0. The van der Waals surface area contributed by atoms with Crippen LogP contribution >= 0.6 is 0 Å². The van der Waals surface area contributed by atoms with Crippen molar-refractivity contribution in [1.82, 2.24) is 0 Å². The molecule has 0 atom stereocenters. The molecule has 0 aromatic heterocycles. The molecule has 2 aliphatic heterocycles. The Hall–Kier alpha value is -1.26. The van der Waals surface area contributed by atoms with Crippen LogP contribution in [-0.2, 0) is 0 Å². The van der Waals surface area contributed by atoms with Crippen molar-refractivity contribution >= 4 is 20.5 Å². The molecule has 4 nitrogen and oxygen atoms in total. The zero-order valence-corrected chi connectivity index (χ0v) is 4.52. The van der Waals surface area contributed by atoms with Crippen molar-refractivity contribution in [3.8, 4) is 0 Å². The van der Waals surface area contributed by atoms with Gasteiger partial charge in [-0.25, -0.2) is 4.99 Å². The van der Waals surface area contributed by atoms with E-state index >= 15 is 0 Å². The first-order chi connectivity index (χ1) is 3.97. The van der Waals surface area contributed by atoms with Gasteiger partial charge < -0.3 is 0 Å². The number of allylic oxidation sites excluding steroid dienone is 1. The Morgan fingerprint density at radius 1 is 1.33 bits per heavy atom. The summed E-state index contributed by atoms with van der Waals surface area (Å²) in [5, 5.41) is 10.7. The van der Waals surface area contributed by atoms with Crippen LogP contribution in [0.3, 0.4) is 0 Å². The molecule has 0 bridgehead atoms. The second kappa shape index (κ2) is 1.93. The summed E-state index contributed by atoms with van der Waals surface area (Å²) in [6.45, 7) is 0. The van der Waals surface area contributed by atoms with Gasteiger partial charge in [0.25, 0.3) is 0 Å². The fraction of sp³-hybridized carbons (Fsp3) is 0. The zero-order chi connectivity index (χ0) is 5.40. The van der Waals surface area contributed by atoms with Gasteiger partial charge in [-0.15, -0.1) is 10.2 Å². The van der Waals surface area contributed by atoms with Crippen molar-refractivity contribution in [3.63, 3.8) is 0 Å². The van der Waals surface area contributed by atoms with E-state index in [2.05, 4.69) is 20.4 Å². The summed E-state index contributed by atoms with van der Waals surface area (Å²) in [6.07, 6.45) is 3.43. The summed E-state index contributed by atoms with van der Waals surface area (Å²) in [5.41, 5.74) is 0.769. The zero-order valence-electron chi connectivity index (χ0n) is 4.52. The highest BCUT2D eigenvalue weighted by atomic mass is 15.4. The maximum absolute atomic E-state index is 3.84. The first-order valence-electron chi connectivity index (χ1n) is 2.20. The average Bonchev–Trinajstić information content (AvgIpc) is 2.15. The largest absolute Gasteiger partial charge is 0.234 e. The van der Waals surface area contributed by atoms with E-state index in [4.69, 9.17) is 0 Å². The first-order valence-corrected chi connectivity index (χ1v) is 2.20. The maximum atomic E-state index is 3.84. The second-order valence-corrected chi connectivity index (χ2v) is 1.44. The Labute approximate surface area is 53.7 Å². The van der Waals surface area contributed by atoms with E-state index in [1.54, 1.807) is 12.3 Å². The Morgan fingerprint density at radius 3 is 3.00 bits per heavy atom. The summed E-state index contributed by atoms with van der Waals surface area (Å²) < 4.78 is 0. The molecule has 2 heterocycles. The molecular weight excluding hydrogens is 115 g/mol. The van der Waals surface area contributed by atoms with Gasteiger partial charge in [-0.05, 0) is 11.3 Å². The van der Waals surface area contributed by atoms with Gasteiger partial charge in [-0.2, -0.15) is 0 Å². The summed E-state index contributed by atoms with van der Waals surface area (Å²) in [5.74, 6) is 0.630. The van der Waals surface area contributed by atoms with Gasteiger partial charge in [0.05, 0.1) is 0 Å². The number of fused-ring (bicyclic) bond motifs is 1. The van der Waals surface area contributed by atoms with Crippen LogP contribution in [-0.4, -0.2) is 20.5 Å². The van der Waals surface area contributed by atoms with Crippen LogP contribution in [0.25, 0.3) is 0 Å². The number of amidine groups is 1. The van der Waals surface area contributed by atoms with Gasteiger partial charge in [0.1, 0.15) is 5.70 Å². The molecule has 0 amide bonds. The highest BCUT2D eigenvalue weighted by Gasteiger charge is 2.12. The highest BCUT2D eigenvalue weighted by Crippen LogP contribution is 2.12. The van der Waals surface area contributed by atoms with Crippen molar-refractivity contribution in [3.05, 3.63) is 11.8 Å². The van der Waals surface area contributed by atoms with E-state index in [0.717, 1.165) is 5.70 Å². The molecule has 0 saturated carbocycles. The quantitative estimate of drug-likeness (QED) is 0.411. The normalized spacial score (nSPS) is 18.7. The Kier molecular flexibility index (Phi) is 1.26. The van der Waals surface area contributed by atoms with E-state index in [1.165, 1.54) is 0 Å². The maximum Gasteiger partial charge on any atom is 0.204 e. The molecule has 0 saturated heterocycles. The molecule has 5 heteroatoms. The standard InChI is InChI=1S/C4H2N4.B/c1-2-5-4-3(1)6-8-7-4;/h1-2H;. The van der Waals surface area contributed by atoms with Crippen LogP contribution in [0.4, 0.5) is 0 Å². The monoisotopic (exact) mass is 117 g/mol. The molecule has 0 aliphatic carbocycles. The van der Waals surface area contributed by atoms with E-state index in [1.807, 2.05) is 0 Å². The van der Waals surface area contributed by atoms with Gasteiger partial charge >= 0.3 is 0 Å². The lowest BCUT2D eigenvalue weighted by Gasteiger charge is -1.76. The second-order valence-electron chi connectivity index (χ2n) is 1.44. The van der Waals surface area contributed by atoms with Crippen LogP contribution in [0.15, 0.2) is 32.2 Å². The third-order valence-corrected chi connectivity index (χ3v) is 0.950. The molecule has 2 aliphatic rings. The van der Waals surface area contributed by atoms with Gasteiger partial charge in [0.2, 0.25) is 5.84 Å². The van der Waals surface area contributed by atoms with E-state index < -0.39 is 0 Å². The third-order valence-electron chi connectivity index (χ3n) is 0.950. The molecule has 0 N–H and O–H groups in total. The van der Waals surface area contributed by atoms with Crippen LogP contribution in [0.5, 0.6) is 0 Å². The van der Waals surface area contributed by atoms with Crippen LogP contribution < -0.4 is 0 Å². The van der Waals surface area contributed by atoms with Crippen molar-refractivity contribution in [2.75, 3.05) is 0 Å². The van der Waals surface area contributed by atoms with Crippen molar-refractivity contribution in [2.45, 2.75) is 0 Å². The third kappa shape index (κ3) is 0.698. The number of hydrogen-bond acceptors (Lipinski definition) is 4. The van der Waals surface area contributed by atoms with Gasteiger partial charge in [0, 0.05) is 14.6 Å².